The number of hydrogen-bond acceptors (Lipinski definition) is 2. The van der Waals surface area contributed by atoms with Crippen molar-refractivity contribution in [2.24, 2.45) is 0 Å². The first-order valence-electron chi connectivity index (χ1n) is 3.47. The molecule has 0 fully saturated rings. The number of halogens is 1. The van der Waals surface area contributed by atoms with Gasteiger partial charge < -0.3 is 10.4 Å². The summed E-state index contributed by atoms with van der Waals surface area (Å²) in [5.41, 5.74) is 1.32. The van der Waals surface area contributed by atoms with Gasteiger partial charge >= 0.3 is 0 Å². The van der Waals surface area contributed by atoms with E-state index in [-0.39, 0.29) is 5.91 Å². The molecule has 0 unspecified atom stereocenters. The van der Waals surface area contributed by atoms with Crippen molar-refractivity contribution in [2.75, 3.05) is 5.32 Å². The van der Waals surface area contributed by atoms with Crippen LogP contribution in [-0.2, 0) is 4.79 Å². The lowest BCUT2D eigenvalue weighted by Gasteiger charge is -1.99. The van der Waals surface area contributed by atoms with Gasteiger partial charge in [-0.25, -0.2) is 0 Å². The molecule has 1 heterocycles. The second kappa shape index (κ2) is 2.57. The molecule has 0 spiro atoms. The standard InChI is InChI=1S/C8H6BrNO2/c9-4-1-2-6-5(3-4)7(11)8(12)10-6/h1-3,7,11H,(H,10,12)/t7-/m0/s1. The Morgan fingerprint density at radius 1 is 1.50 bits per heavy atom. The van der Waals surface area contributed by atoms with Crippen molar-refractivity contribution < 1.29 is 9.90 Å². The largest absolute Gasteiger partial charge is 0.378 e. The number of nitrogens with one attached hydrogen (secondary N) is 1. The molecular weight excluding hydrogens is 222 g/mol. The summed E-state index contributed by atoms with van der Waals surface area (Å²) < 4.78 is 0.858. The fraction of sp³-hybridized carbons (Fsp3) is 0.125. The number of amides is 1. The monoisotopic (exact) mass is 227 g/mol. The number of rotatable bonds is 0. The lowest BCUT2D eigenvalue weighted by atomic mass is 10.1. The second-order valence-electron chi connectivity index (χ2n) is 2.62. The van der Waals surface area contributed by atoms with E-state index in [1.54, 1.807) is 12.1 Å². The van der Waals surface area contributed by atoms with Gasteiger partial charge in [0, 0.05) is 15.7 Å². The van der Waals surface area contributed by atoms with Crippen LogP contribution in [0.25, 0.3) is 0 Å². The van der Waals surface area contributed by atoms with Gasteiger partial charge in [0.05, 0.1) is 0 Å². The summed E-state index contributed by atoms with van der Waals surface area (Å²) in [5, 5.41) is 11.9. The zero-order valence-electron chi connectivity index (χ0n) is 6.04. The van der Waals surface area contributed by atoms with Crippen LogP contribution < -0.4 is 5.32 Å². The summed E-state index contributed by atoms with van der Waals surface area (Å²) >= 11 is 3.26. The Kier molecular flexibility index (Phi) is 1.66. The van der Waals surface area contributed by atoms with Gasteiger partial charge in [0.25, 0.3) is 5.91 Å². The fourth-order valence-corrected chi connectivity index (χ4v) is 1.59. The highest BCUT2D eigenvalue weighted by atomic mass is 79.9. The van der Waals surface area contributed by atoms with E-state index in [2.05, 4.69) is 21.2 Å². The third-order valence-corrected chi connectivity index (χ3v) is 2.31. The van der Waals surface area contributed by atoms with Crippen LogP contribution in [-0.4, -0.2) is 11.0 Å². The van der Waals surface area contributed by atoms with E-state index < -0.39 is 6.10 Å². The molecule has 0 aliphatic carbocycles. The van der Waals surface area contributed by atoms with Crippen molar-refractivity contribution in [3.05, 3.63) is 28.2 Å². The molecule has 0 aromatic heterocycles. The number of carbonyl (C=O) groups excluding carboxylic acids is 1. The second-order valence-corrected chi connectivity index (χ2v) is 3.54. The van der Waals surface area contributed by atoms with Crippen LogP contribution in [0, 0.1) is 0 Å². The highest BCUT2D eigenvalue weighted by molar-refractivity contribution is 9.10. The molecule has 3 nitrogen and oxygen atoms in total. The average molecular weight is 228 g/mol. The third kappa shape index (κ3) is 1.04. The van der Waals surface area contributed by atoms with Crippen LogP contribution in [0.2, 0.25) is 0 Å². The van der Waals surface area contributed by atoms with Crippen molar-refractivity contribution in [1.82, 2.24) is 0 Å². The molecule has 12 heavy (non-hydrogen) atoms. The van der Waals surface area contributed by atoms with Crippen molar-refractivity contribution in [3.8, 4) is 0 Å². The zero-order valence-corrected chi connectivity index (χ0v) is 7.63. The summed E-state index contributed by atoms with van der Waals surface area (Å²) in [6.07, 6.45) is -1.02. The number of carbonyl (C=O) groups is 1. The minimum Gasteiger partial charge on any atom is -0.378 e. The van der Waals surface area contributed by atoms with Crippen LogP contribution in [0.3, 0.4) is 0 Å². The number of aliphatic hydroxyl groups excluding tert-OH is 1. The maximum Gasteiger partial charge on any atom is 0.257 e. The Morgan fingerprint density at radius 3 is 3.00 bits per heavy atom. The van der Waals surface area contributed by atoms with Crippen molar-refractivity contribution in [1.29, 1.82) is 0 Å². The summed E-state index contributed by atoms with van der Waals surface area (Å²) in [5.74, 6) is -0.358. The minimum atomic E-state index is -1.02. The van der Waals surface area contributed by atoms with E-state index >= 15 is 0 Å². The number of aliphatic hydroxyl groups is 1. The number of fused-ring (bicyclic) bond motifs is 1. The number of benzene rings is 1. The number of hydrogen-bond donors (Lipinski definition) is 2. The van der Waals surface area contributed by atoms with Crippen molar-refractivity contribution >= 4 is 27.5 Å². The first-order valence-corrected chi connectivity index (χ1v) is 4.26. The van der Waals surface area contributed by atoms with E-state index in [1.807, 2.05) is 6.07 Å². The summed E-state index contributed by atoms with van der Waals surface area (Å²) in [6.45, 7) is 0. The maximum atomic E-state index is 11.0. The molecule has 1 atom stereocenters. The molecule has 0 saturated carbocycles. The fourth-order valence-electron chi connectivity index (χ4n) is 1.22. The normalized spacial score (nSPS) is 20.5. The highest BCUT2D eigenvalue weighted by Crippen LogP contribution is 2.32. The van der Waals surface area contributed by atoms with E-state index in [0.29, 0.717) is 11.3 Å². The number of anilines is 1. The Hall–Kier alpha value is -0.870. The first-order chi connectivity index (χ1) is 5.68. The predicted octanol–water partition coefficient (Wildman–Crippen LogP) is 1.43. The van der Waals surface area contributed by atoms with Gasteiger partial charge in [0.1, 0.15) is 0 Å². The average Bonchev–Trinajstić information content (AvgIpc) is 2.31. The Balaban J connectivity index is 2.55. The van der Waals surface area contributed by atoms with Crippen LogP contribution in [0.1, 0.15) is 11.7 Å². The third-order valence-electron chi connectivity index (χ3n) is 1.81. The lowest BCUT2D eigenvalue weighted by Crippen LogP contribution is -2.10. The first kappa shape index (κ1) is 7.76. The van der Waals surface area contributed by atoms with Crippen LogP contribution in [0.15, 0.2) is 22.7 Å². The molecule has 0 saturated heterocycles. The van der Waals surface area contributed by atoms with Crippen LogP contribution in [0.4, 0.5) is 5.69 Å². The molecule has 1 amide bonds. The molecule has 1 aromatic carbocycles. The van der Waals surface area contributed by atoms with E-state index in [9.17, 15) is 9.90 Å². The molecule has 0 radical (unpaired) electrons. The maximum absolute atomic E-state index is 11.0. The quantitative estimate of drug-likeness (QED) is 0.705. The van der Waals surface area contributed by atoms with Gasteiger partial charge in [-0.2, -0.15) is 0 Å². The Morgan fingerprint density at radius 2 is 2.25 bits per heavy atom. The van der Waals surface area contributed by atoms with Crippen LogP contribution in [0.5, 0.6) is 0 Å². The van der Waals surface area contributed by atoms with Gasteiger partial charge in [0.2, 0.25) is 0 Å². The zero-order chi connectivity index (χ0) is 8.72. The molecule has 1 aliphatic rings. The summed E-state index contributed by atoms with van der Waals surface area (Å²) in [4.78, 5) is 11.0. The van der Waals surface area contributed by atoms with Crippen molar-refractivity contribution in [3.63, 3.8) is 0 Å². The minimum absolute atomic E-state index is 0.358. The van der Waals surface area contributed by atoms with Gasteiger partial charge in [-0.15, -0.1) is 0 Å². The molecular formula is C8H6BrNO2. The lowest BCUT2D eigenvalue weighted by molar-refractivity contribution is -0.123. The van der Waals surface area contributed by atoms with Gasteiger partial charge in [-0.05, 0) is 18.2 Å². The topological polar surface area (TPSA) is 49.3 Å². The van der Waals surface area contributed by atoms with Gasteiger partial charge in [0.15, 0.2) is 6.10 Å². The molecule has 4 heteroatoms. The van der Waals surface area contributed by atoms with Gasteiger partial charge in [-0.3, -0.25) is 4.79 Å². The van der Waals surface area contributed by atoms with E-state index in [1.165, 1.54) is 0 Å². The van der Waals surface area contributed by atoms with E-state index in [0.717, 1.165) is 4.47 Å². The predicted molar refractivity (Wildman–Crippen MR) is 47.7 cm³/mol. The molecule has 62 valence electrons. The smallest absolute Gasteiger partial charge is 0.257 e. The molecule has 1 aromatic rings. The molecule has 0 bridgehead atoms. The SMILES string of the molecule is O=C1Nc2ccc(Br)cc2[C@@H]1O. The van der Waals surface area contributed by atoms with Crippen molar-refractivity contribution in [2.45, 2.75) is 6.10 Å². The highest BCUT2D eigenvalue weighted by Gasteiger charge is 2.27. The summed E-state index contributed by atoms with van der Waals surface area (Å²) in [6, 6.07) is 5.31. The Labute approximate surface area is 77.5 Å². The Bertz CT molecular complexity index is 351. The molecule has 2 rings (SSSR count). The van der Waals surface area contributed by atoms with Crippen LogP contribution >= 0.6 is 15.9 Å². The summed E-state index contributed by atoms with van der Waals surface area (Å²) in [7, 11) is 0. The molecule has 1 aliphatic heterocycles. The van der Waals surface area contributed by atoms with E-state index in [4.69, 9.17) is 0 Å². The molecule has 2 N–H and O–H groups in total. The van der Waals surface area contributed by atoms with Gasteiger partial charge in [-0.1, -0.05) is 15.9 Å².